The van der Waals surface area contributed by atoms with Gasteiger partial charge >= 0.3 is 0 Å². The molecular formula is C16H23N3O2. The zero-order valence-corrected chi connectivity index (χ0v) is 12.5. The molecule has 5 nitrogen and oxygen atoms in total. The highest BCUT2D eigenvalue weighted by Gasteiger charge is 2.28. The van der Waals surface area contributed by atoms with Crippen LogP contribution in [-0.4, -0.2) is 56.5 Å². The lowest BCUT2D eigenvalue weighted by Gasteiger charge is -2.23. The molecule has 0 saturated carbocycles. The fraction of sp³-hybridized carbons (Fsp3) is 0.562. The summed E-state index contributed by atoms with van der Waals surface area (Å²) < 4.78 is 11.4. The Balaban J connectivity index is 1.49. The minimum Gasteiger partial charge on any atom is -0.353 e. The Kier molecular flexibility index (Phi) is 4.85. The van der Waals surface area contributed by atoms with Crippen molar-refractivity contribution in [3.05, 3.63) is 35.9 Å². The van der Waals surface area contributed by atoms with E-state index in [1.165, 1.54) is 11.4 Å². The van der Waals surface area contributed by atoms with E-state index in [-0.39, 0.29) is 12.5 Å². The molecule has 2 aliphatic rings. The van der Waals surface area contributed by atoms with Gasteiger partial charge in [0, 0.05) is 13.0 Å². The van der Waals surface area contributed by atoms with Crippen molar-refractivity contribution < 1.29 is 9.47 Å². The van der Waals surface area contributed by atoms with Crippen LogP contribution in [0.5, 0.6) is 0 Å². The van der Waals surface area contributed by atoms with Gasteiger partial charge in [-0.15, -0.1) is 0 Å². The molecule has 5 heteroatoms. The Bertz CT molecular complexity index is 478. The van der Waals surface area contributed by atoms with Crippen LogP contribution in [0.2, 0.25) is 0 Å². The van der Waals surface area contributed by atoms with E-state index >= 15 is 0 Å². The number of rotatable bonds is 6. The average molecular weight is 289 g/mol. The molecule has 1 saturated heterocycles. The van der Waals surface area contributed by atoms with Gasteiger partial charge in [-0.2, -0.15) is 0 Å². The molecule has 1 fully saturated rings. The lowest BCUT2D eigenvalue weighted by molar-refractivity contribution is -0.0696. The third-order valence-corrected chi connectivity index (χ3v) is 3.95. The van der Waals surface area contributed by atoms with E-state index < -0.39 is 0 Å². The minimum absolute atomic E-state index is 0.0160. The van der Waals surface area contributed by atoms with Gasteiger partial charge in [0.05, 0.1) is 25.5 Å². The number of hydrogen-bond donors (Lipinski definition) is 1. The zero-order valence-electron chi connectivity index (χ0n) is 12.5. The van der Waals surface area contributed by atoms with Crippen LogP contribution in [0.15, 0.2) is 35.3 Å². The third kappa shape index (κ3) is 3.81. The van der Waals surface area contributed by atoms with Crippen LogP contribution in [0, 0.1) is 0 Å². The van der Waals surface area contributed by atoms with Crippen molar-refractivity contribution in [2.24, 2.45) is 4.99 Å². The van der Waals surface area contributed by atoms with Crippen LogP contribution in [0.3, 0.4) is 0 Å². The Morgan fingerprint density at radius 1 is 1.29 bits per heavy atom. The van der Waals surface area contributed by atoms with Crippen molar-refractivity contribution in [1.29, 1.82) is 0 Å². The van der Waals surface area contributed by atoms with Gasteiger partial charge < -0.3 is 14.4 Å². The first kappa shape index (κ1) is 14.5. The van der Waals surface area contributed by atoms with Gasteiger partial charge in [-0.3, -0.25) is 10.3 Å². The second kappa shape index (κ2) is 7.02. The fourth-order valence-corrected chi connectivity index (χ4v) is 2.75. The lowest BCUT2D eigenvalue weighted by atomic mass is 10.1. The third-order valence-electron chi connectivity index (χ3n) is 3.95. The van der Waals surface area contributed by atoms with Crippen molar-refractivity contribution >= 4 is 5.84 Å². The summed E-state index contributed by atoms with van der Waals surface area (Å²) in [6, 6.07) is 10.6. The van der Waals surface area contributed by atoms with Crippen molar-refractivity contribution in [3.63, 3.8) is 0 Å². The van der Waals surface area contributed by atoms with E-state index in [9.17, 15) is 0 Å². The van der Waals surface area contributed by atoms with E-state index in [4.69, 9.17) is 9.47 Å². The molecular weight excluding hydrogens is 266 g/mol. The van der Waals surface area contributed by atoms with Crippen LogP contribution in [0.25, 0.3) is 0 Å². The lowest BCUT2D eigenvalue weighted by Crippen LogP contribution is -2.37. The summed E-state index contributed by atoms with van der Waals surface area (Å²) in [5, 5.41) is 3.08. The molecule has 3 rings (SSSR count). The molecule has 21 heavy (non-hydrogen) atoms. The van der Waals surface area contributed by atoms with Crippen LogP contribution in [0.4, 0.5) is 0 Å². The molecule has 2 atom stereocenters. The number of nitrogens with zero attached hydrogens (tertiary/aromatic N) is 2. The quantitative estimate of drug-likeness (QED) is 0.856. The monoisotopic (exact) mass is 289 g/mol. The number of ether oxygens (including phenoxy) is 2. The van der Waals surface area contributed by atoms with Crippen molar-refractivity contribution in [1.82, 2.24) is 10.2 Å². The standard InChI is InChI=1S/C16H23N3O2/c1-17-15-12-20-16(21-15)11-19-10-9-18-14(19)8-7-13-5-3-2-4-6-13/h2-6,15-17H,7-12H2,1H3/t15-,16-/m1/s1. The highest BCUT2D eigenvalue weighted by atomic mass is 16.7. The minimum atomic E-state index is -0.150. The van der Waals surface area contributed by atoms with Crippen molar-refractivity contribution in [2.75, 3.05) is 33.3 Å². The Morgan fingerprint density at radius 3 is 2.90 bits per heavy atom. The molecule has 0 aromatic heterocycles. The Hall–Kier alpha value is -1.43. The summed E-state index contributed by atoms with van der Waals surface area (Å²) in [6.45, 7) is 3.24. The molecule has 0 spiro atoms. The van der Waals surface area contributed by atoms with Gasteiger partial charge in [0.25, 0.3) is 0 Å². The number of aliphatic imine (C=N–C) groups is 1. The van der Waals surface area contributed by atoms with E-state index in [2.05, 4.69) is 45.5 Å². The molecule has 114 valence electrons. The first-order valence-electron chi connectivity index (χ1n) is 7.61. The summed E-state index contributed by atoms with van der Waals surface area (Å²) in [6.07, 6.45) is 1.87. The first-order valence-corrected chi connectivity index (χ1v) is 7.61. The zero-order chi connectivity index (χ0) is 14.5. The van der Waals surface area contributed by atoms with Crippen LogP contribution >= 0.6 is 0 Å². The maximum Gasteiger partial charge on any atom is 0.177 e. The molecule has 0 aliphatic carbocycles. The number of benzene rings is 1. The van der Waals surface area contributed by atoms with Gasteiger partial charge in [0.1, 0.15) is 6.23 Å². The predicted octanol–water partition coefficient (Wildman–Crippen LogP) is 1.25. The van der Waals surface area contributed by atoms with Crippen LogP contribution < -0.4 is 5.32 Å². The predicted molar refractivity (Wildman–Crippen MR) is 82.3 cm³/mol. The van der Waals surface area contributed by atoms with Gasteiger partial charge in [0.15, 0.2) is 6.29 Å². The SMILES string of the molecule is CN[C@H]1CO[C@@H](CN2CCN=C2CCc2ccccc2)O1. The first-order chi connectivity index (χ1) is 10.3. The summed E-state index contributed by atoms with van der Waals surface area (Å²) in [4.78, 5) is 6.93. The van der Waals surface area contributed by atoms with Crippen molar-refractivity contribution in [2.45, 2.75) is 25.4 Å². The Labute approximate surface area is 126 Å². The summed E-state index contributed by atoms with van der Waals surface area (Å²) in [5.41, 5.74) is 1.36. The van der Waals surface area contributed by atoms with Crippen LogP contribution in [0.1, 0.15) is 12.0 Å². The van der Waals surface area contributed by atoms with E-state index in [1.807, 2.05) is 7.05 Å². The summed E-state index contributed by atoms with van der Waals surface area (Å²) in [5.74, 6) is 1.18. The molecule has 2 aliphatic heterocycles. The molecule has 0 amide bonds. The maximum absolute atomic E-state index is 5.75. The van der Waals surface area contributed by atoms with Gasteiger partial charge in [-0.25, -0.2) is 0 Å². The highest BCUT2D eigenvalue weighted by molar-refractivity contribution is 5.84. The number of hydrogen-bond acceptors (Lipinski definition) is 5. The van der Waals surface area contributed by atoms with E-state index in [0.29, 0.717) is 6.61 Å². The number of nitrogens with one attached hydrogen (secondary N) is 1. The number of amidine groups is 1. The molecule has 2 heterocycles. The summed E-state index contributed by atoms with van der Waals surface area (Å²) >= 11 is 0. The number of aryl methyl sites for hydroxylation is 1. The van der Waals surface area contributed by atoms with Crippen LogP contribution in [-0.2, 0) is 15.9 Å². The molecule has 0 unspecified atom stereocenters. The largest absolute Gasteiger partial charge is 0.353 e. The average Bonchev–Trinajstić information content (AvgIpc) is 3.16. The molecule has 1 aromatic carbocycles. The molecule has 0 bridgehead atoms. The van der Waals surface area contributed by atoms with Crippen molar-refractivity contribution in [3.8, 4) is 0 Å². The number of likely N-dealkylation sites (N-methyl/N-ethyl adjacent to an activating group) is 1. The van der Waals surface area contributed by atoms with E-state index in [0.717, 1.165) is 32.5 Å². The second-order valence-electron chi connectivity index (χ2n) is 5.41. The molecule has 1 N–H and O–H groups in total. The molecule has 0 radical (unpaired) electrons. The fourth-order valence-electron chi connectivity index (χ4n) is 2.75. The Morgan fingerprint density at radius 2 is 2.14 bits per heavy atom. The van der Waals surface area contributed by atoms with Gasteiger partial charge in [0.2, 0.25) is 0 Å². The van der Waals surface area contributed by atoms with Gasteiger partial charge in [-0.1, -0.05) is 30.3 Å². The van der Waals surface area contributed by atoms with E-state index in [1.54, 1.807) is 0 Å². The normalized spacial score (nSPS) is 25.4. The maximum atomic E-state index is 5.75. The summed E-state index contributed by atoms with van der Waals surface area (Å²) in [7, 11) is 1.89. The molecule has 1 aromatic rings. The van der Waals surface area contributed by atoms with Gasteiger partial charge in [-0.05, 0) is 19.0 Å². The topological polar surface area (TPSA) is 46.1 Å². The smallest absolute Gasteiger partial charge is 0.177 e. The second-order valence-corrected chi connectivity index (χ2v) is 5.41. The highest BCUT2D eigenvalue weighted by Crippen LogP contribution is 2.15.